The number of carboxylic acid groups (broad SMARTS) is 1. The zero-order valence-electron chi connectivity index (χ0n) is 29.8. The zero-order chi connectivity index (χ0) is 47.2. The molecule has 0 saturated carbocycles. The van der Waals surface area contributed by atoms with E-state index in [1.807, 2.05) is 34.9 Å². The van der Waals surface area contributed by atoms with Crippen LogP contribution < -0.4 is 31.2 Å². The highest BCUT2D eigenvalue weighted by Gasteiger charge is 2.52. The Morgan fingerprint density at radius 1 is 0.476 bits per heavy atom. The summed E-state index contributed by atoms with van der Waals surface area (Å²) in [5, 5.41) is 8.52. The molecule has 1 aromatic heterocycles. The number of aromatic nitrogens is 2. The predicted octanol–water partition coefficient (Wildman–Crippen LogP) is 6.73. The average Bonchev–Trinajstić information content (AvgIpc) is 3.26. The fraction of sp³-hybridized carbons (Fsp3) is 0.0541. The number of carboxylic acids is 1. The number of nitrogens with zero attached hydrogens (tertiary/aromatic N) is 2. The van der Waals surface area contributed by atoms with E-state index < -0.39 is 150 Å². The van der Waals surface area contributed by atoms with Crippen molar-refractivity contribution in [1.82, 2.24) is 4.98 Å². The van der Waals surface area contributed by atoms with Crippen molar-refractivity contribution in [3.05, 3.63) is 171 Å². The van der Waals surface area contributed by atoms with E-state index >= 15 is 35.1 Å². The minimum atomic E-state index is -7.22. The Kier molecular flexibility index (Phi) is 13.4. The van der Waals surface area contributed by atoms with Crippen LogP contribution in [0.4, 0.5) is 87.8 Å². The van der Waals surface area contributed by atoms with Crippen molar-refractivity contribution < 1.29 is 107 Å². The topological polar surface area (TPSA) is 63.3 Å². The zero-order valence-corrected chi connectivity index (χ0v) is 29.8. The standard InChI is InChI=1S/C24BF20.C13H12N2O3/c26-5-1(6(27)14(35)21(42)13(5)34)25(2-7(28)15(36)22(43)16(37)8(2)29,3-9(30)17(38)23(44)18(39)10(3)31)4-11(32)19(40)24(45)20(41)12(4)33;16-13(17)10-18-12-9-15(7-6-14-12)8-11-4-2-1-3-5-11/h;1-7,9H,8,10H2/q-1;/p+1. The molecule has 6 rings (SSSR count). The van der Waals surface area contributed by atoms with E-state index in [4.69, 9.17) is 9.84 Å². The monoisotopic (exact) mass is 924 g/mol. The number of ether oxygens (including phenoxy) is 1. The molecule has 0 aliphatic heterocycles. The molecule has 0 fully saturated rings. The van der Waals surface area contributed by atoms with Crippen molar-refractivity contribution in [2.24, 2.45) is 0 Å². The predicted molar refractivity (Wildman–Crippen MR) is 172 cm³/mol. The van der Waals surface area contributed by atoms with Gasteiger partial charge in [0.25, 0.3) is 5.88 Å². The molecule has 0 spiro atoms. The Bertz CT molecular complexity index is 2430. The molecule has 0 bridgehead atoms. The fourth-order valence-electron chi connectivity index (χ4n) is 6.39. The first-order valence-electron chi connectivity index (χ1n) is 16.4. The number of benzene rings is 5. The summed E-state index contributed by atoms with van der Waals surface area (Å²) in [4.78, 5) is 14.3. The lowest BCUT2D eigenvalue weighted by Crippen LogP contribution is -2.81. The van der Waals surface area contributed by atoms with E-state index in [-0.39, 0.29) is 6.61 Å². The van der Waals surface area contributed by atoms with Crippen LogP contribution in [0.2, 0.25) is 0 Å². The van der Waals surface area contributed by atoms with Gasteiger partial charge in [0.2, 0.25) is 6.20 Å². The molecule has 5 nitrogen and oxygen atoms in total. The lowest BCUT2D eigenvalue weighted by molar-refractivity contribution is -0.689. The molecule has 26 heteroatoms. The Labute approximate surface area is 336 Å². The Morgan fingerprint density at radius 3 is 1.05 bits per heavy atom. The van der Waals surface area contributed by atoms with E-state index in [0.29, 0.717) is 12.4 Å². The van der Waals surface area contributed by atoms with Gasteiger partial charge in [-0.3, -0.25) is 0 Å². The summed E-state index contributed by atoms with van der Waals surface area (Å²) < 4.78 is 301. The van der Waals surface area contributed by atoms with Gasteiger partial charge in [-0.2, -0.15) is 4.57 Å². The number of aliphatic carboxylic acids is 1. The molecule has 0 amide bonds. The number of hydrogen-bond acceptors (Lipinski definition) is 3. The van der Waals surface area contributed by atoms with E-state index in [1.165, 1.54) is 0 Å². The van der Waals surface area contributed by atoms with Crippen molar-refractivity contribution in [2.45, 2.75) is 6.54 Å². The summed E-state index contributed by atoms with van der Waals surface area (Å²) >= 11 is 0. The highest BCUT2D eigenvalue weighted by Crippen LogP contribution is 2.30. The number of rotatable bonds is 9. The molecule has 332 valence electrons. The van der Waals surface area contributed by atoms with Crippen LogP contribution >= 0.6 is 0 Å². The van der Waals surface area contributed by atoms with Gasteiger partial charge in [-0.1, -0.05) is 30.3 Å². The van der Waals surface area contributed by atoms with Crippen LogP contribution in [0.3, 0.4) is 0 Å². The Hall–Kier alpha value is -6.89. The summed E-state index contributed by atoms with van der Waals surface area (Å²) in [7, 11) is 0. The fourth-order valence-corrected chi connectivity index (χ4v) is 6.39. The SMILES string of the molecule is Fc1c(F)c(F)c([B-](c2c(F)c(F)c(F)c(F)c2F)(c2c(F)c(F)c(F)c(F)c2F)c2c(F)c(F)c(F)c(F)c2F)c(F)c1F.O=C(O)COc1c[n+](Cc2ccccc2)ccn1. The lowest BCUT2D eigenvalue weighted by atomic mass is 9.12. The third kappa shape index (κ3) is 7.92. The van der Waals surface area contributed by atoms with Crippen molar-refractivity contribution in [3.8, 4) is 5.88 Å². The molecule has 63 heavy (non-hydrogen) atoms. The normalized spacial score (nSPS) is 11.4. The maximum absolute atomic E-state index is 15.4. The Balaban J connectivity index is 0.000000345. The van der Waals surface area contributed by atoms with Gasteiger partial charge >= 0.3 is 5.97 Å². The van der Waals surface area contributed by atoms with Gasteiger partial charge in [-0.15, -0.1) is 21.9 Å². The van der Waals surface area contributed by atoms with Gasteiger partial charge < -0.3 is 9.84 Å². The molecule has 0 unspecified atom stereocenters. The molecule has 0 radical (unpaired) electrons. The molecular weight excluding hydrogens is 911 g/mol. The minimum Gasteiger partial charge on any atom is -0.479 e. The lowest BCUT2D eigenvalue weighted by Gasteiger charge is -2.44. The molecule has 0 aliphatic carbocycles. The largest absolute Gasteiger partial charge is 0.479 e. The molecule has 6 aromatic rings. The van der Waals surface area contributed by atoms with Crippen LogP contribution in [0, 0.1) is 116 Å². The van der Waals surface area contributed by atoms with Gasteiger partial charge in [0.1, 0.15) is 52.7 Å². The number of hydrogen-bond donors (Lipinski definition) is 1. The van der Waals surface area contributed by atoms with Crippen molar-refractivity contribution in [3.63, 3.8) is 0 Å². The van der Waals surface area contributed by atoms with Gasteiger partial charge in [-0.25, -0.2) is 97.6 Å². The molecular formula is C37H13BF20N2O3. The Morgan fingerprint density at radius 2 is 0.762 bits per heavy atom. The van der Waals surface area contributed by atoms with Crippen LogP contribution in [0.5, 0.6) is 5.88 Å². The second kappa shape index (κ2) is 17.8. The highest BCUT2D eigenvalue weighted by molar-refractivity contribution is 7.20. The second-order valence-corrected chi connectivity index (χ2v) is 12.5. The van der Waals surface area contributed by atoms with Crippen molar-refractivity contribution in [2.75, 3.05) is 6.61 Å². The van der Waals surface area contributed by atoms with Crippen molar-refractivity contribution >= 4 is 34.0 Å². The van der Waals surface area contributed by atoms with Crippen LogP contribution in [-0.2, 0) is 11.3 Å². The first-order valence-corrected chi connectivity index (χ1v) is 16.4. The van der Waals surface area contributed by atoms with Crippen LogP contribution in [0.15, 0.2) is 48.9 Å². The van der Waals surface area contributed by atoms with Gasteiger partial charge in [0.15, 0.2) is 89.2 Å². The minimum absolute atomic E-state index is 0.302. The molecule has 1 heterocycles. The third-order valence-corrected chi connectivity index (χ3v) is 8.99. The van der Waals surface area contributed by atoms with Crippen molar-refractivity contribution in [1.29, 1.82) is 0 Å². The molecule has 0 atom stereocenters. The third-order valence-electron chi connectivity index (χ3n) is 8.99. The number of carbonyl (C=O) groups is 1. The second-order valence-electron chi connectivity index (χ2n) is 12.5. The van der Waals surface area contributed by atoms with Gasteiger partial charge in [-0.05, 0) is 0 Å². The summed E-state index contributed by atoms with van der Waals surface area (Å²) in [6, 6.07) is 9.94. The molecule has 5 aromatic carbocycles. The van der Waals surface area contributed by atoms with Gasteiger partial charge in [0, 0.05) is 5.56 Å². The first-order chi connectivity index (χ1) is 29.4. The first kappa shape index (κ1) is 47.2. The smallest absolute Gasteiger partial charge is 0.341 e. The van der Waals surface area contributed by atoms with E-state index in [2.05, 4.69) is 4.98 Å². The van der Waals surface area contributed by atoms with Crippen LogP contribution in [-0.4, -0.2) is 28.8 Å². The van der Waals surface area contributed by atoms with Gasteiger partial charge in [0.05, 0.1) is 6.20 Å². The summed E-state index contributed by atoms with van der Waals surface area (Å²) in [6.45, 7) is 0.301. The molecule has 1 N–H and O–H groups in total. The number of halogens is 20. The van der Waals surface area contributed by atoms with Crippen LogP contribution in [0.1, 0.15) is 5.56 Å². The average molecular weight is 924 g/mol. The molecule has 0 aliphatic rings. The van der Waals surface area contributed by atoms with Crippen LogP contribution in [0.25, 0.3) is 0 Å². The maximum atomic E-state index is 15.4. The summed E-state index contributed by atoms with van der Waals surface area (Å²) in [6.07, 6.45) is -2.15. The quantitative estimate of drug-likeness (QED) is 0.0576. The maximum Gasteiger partial charge on any atom is 0.341 e. The van der Waals surface area contributed by atoms with E-state index in [0.717, 1.165) is 5.56 Å². The summed E-state index contributed by atoms with van der Waals surface area (Å²) in [5.74, 6) is -72.1. The highest BCUT2D eigenvalue weighted by atomic mass is 19.2. The molecule has 0 saturated heterocycles. The van der Waals surface area contributed by atoms with E-state index in [9.17, 15) is 57.5 Å². The van der Waals surface area contributed by atoms with E-state index in [1.54, 1.807) is 18.6 Å². The summed E-state index contributed by atoms with van der Waals surface area (Å²) in [5.41, 5.74) is -13.2.